The number of benzene rings is 1. The standard InChI is InChI=1S/C15H21F3N2O/c1-11-5-6-20(13(7-11)9-19)10-12-3-2-4-14(8-12)21-15(16,17)18/h2-4,8,11,13H,5-7,9-10,19H2,1H3. The number of likely N-dealkylation sites (tertiary alicyclic amines) is 1. The average molecular weight is 302 g/mol. The monoisotopic (exact) mass is 302 g/mol. The van der Waals surface area contributed by atoms with E-state index in [9.17, 15) is 13.2 Å². The van der Waals surface area contributed by atoms with Gasteiger partial charge in [-0.2, -0.15) is 0 Å². The molecule has 1 aromatic carbocycles. The molecule has 1 saturated heterocycles. The number of ether oxygens (including phenoxy) is 1. The zero-order valence-corrected chi connectivity index (χ0v) is 12.1. The van der Waals surface area contributed by atoms with Crippen molar-refractivity contribution in [3.63, 3.8) is 0 Å². The van der Waals surface area contributed by atoms with Gasteiger partial charge in [-0.1, -0.05) is 19.1 Å². The third kappa shape index (κ3) is 4.89. The molecule has 21 heavy (non-hydrogen) atoms. The predicted molar refractivity (Wildman–Crippen MR) is 74.8 cm³/mol. The highest BCUT2D eigenvalue weighted by molar-refractivity contribution is 5.28. The van der Waals surface area contributed by atoms with Crippen LogP contribution in [0.5, 0.6) is 5.75 Å². The highest BCUT2D eigenvalue weighted by atomic mass is 19.4. The molecule has 0 aromatic heterocycles. The molecule has 1 aromatic rings. The fraction of sp³-hybridized carbons (Fsp3) is 0.600. The summed E-state index contributed by atoms with van der Waals surface area (Å²) in [6.07, 6.45) is -2.52. The van der Waals surface area contributed by atoms with E-state index in [1.165, 1.54) is 12.1 Å². The van der Waals surface area contributed by atoms with Gasteiger partial charge in [0.05, 0.1) is 0 Å². The molecule has 2 rings (SSSR count). The van der Waals surface area contributed by atoms with E-state index >= 15 is 0 Å². The summed E-state index contributed by atoms with van der Waals surface area (Å²) in [7, 11) is 0. The van der Waals surface area contributed by atoms with Crippen molar-refractivity contribution in [2.24, 2.45) is 11.7 Å². The molecule has 2 atom stereocenters. The first kappa shape index (κ1) is 16.1. The summed E-state index contributed by atoms with van der Waals surface area (Å²) in [6, 6.07) is 6.45. The normalized spacial score (nSPS) is 24.0. The number of rotatable bonds is 4. The van der Waals surface area contributed by atoms with Crippen LogP contribution in [0.1, 0.15) is 25.3 Å². The number of hydrogen-bond donors (Lipinski definition) is 1. The van der Waals surface area contributed by atoms with Gasteiger partial charge in [0.25, 0.3) is 0 Å². The number of halogens is 3. The van der Waals surface area contributed by atoms with Gasteiger partial charge in [-0.25, -0.2) is 0 Å². The molecule has 0 spiro atoms. The molecule has 0 amide bonds. The Kier molecular flexibility index (Phi) is 5.11. The van der Waals surface area contributed by atoms with E-state index in [-0.39, 0.29) is 5.75 Å². The van der Waals surface area contributed by atoms with Crippen LogP contribution < -0.4 is 10.5 Å². The summed E-state index contributed by atoms with van der Waals surface area (Å²) in [5.74, 6) is 0.476. The zero-order chi connectivity index (χ0) is 15.5. The minimum atomic E-state index is -4.65. The maximum atomic E-state index is 12.2. The Morgan fingerprint density at radius 1 is 1.38 bits per heavy atom. The number of alkyl halides is 3. The van der Waals surface area contributed by atoms with Gasteiger partial charge >= 0.3 is 6.36 Å². The van der Waals surface area contributed by atoms with Crippen molar-refractivity contribution in [2.45, 2.75) is 38.7 Å². The minimum absolute atomic E-state index is 0.172. The van der Waals surface area contributed by atoms with Crippen LogP contribution in [0.3, 0.4) is 0 Å². The van der Waals surface area contributed by atoms with Gasteiger partial charge < -0.3 is 10.5 Å². The molecule has 1 aliphatic rings. The maximum Gasteiger partial charge on any atom is 0.573 e. The maximum absolute atomic E-state index is 12.2. The summed E-state index contributed by atoms with van der Waals surface area (Å²) >= 11 is 0. The summed E-state index contributed by atoms with van der Waals surface area (Å²) in [5, 5.41) is 0. The summed E-state index contributed by atoms with van der Waals surface area (Å²) < 4.78 is 40.7. The Bertz CT molecular complexity index is 464. The molecule has 118 valence electrons. The topological polar surface area (TPSA) is 38.5 Å². The van der Waals surface area contributed by atoms with Gasteiger partial charge in [0, 0.05) is 19.1 Å². The second-order valence-corrected chi connectivity index (χ2v) is 5.68. The first-order valence-corrected chi connectivity index (χ1v) is 7.16. The minimum Gasteiger partial charge on any atom is -0.406 e. The summed E-state index contributed by atoms with van der Waals surface area (Å²) in [5.41, 5.74) is 6.62. The van der Waals surface area contributed by atoms with Crippen molar-refractivity contribution >= 4 is 0 Å². The number of hydrogen-bond acceptors (Lipinski definition) is 3. The molecule has 0 aliphatic carbocycles. The van der Waals surface area contributed by atoms with Gasteiger partial charge in [0.15, 0.2) is 0 Å². The van der Waals surface area contributed by atoms with Gasteiger partial charge in [-0.15, -0.1) is 13.2 Å². The fourth-order valence-electron chi connectivity index (χ4n) is 2.83. The Balaban J connectivity index is 2.03. The first-order valence-electron chi connectivity index (χ1n) is 7.16. The van der Waals surface area contributed by atoms with E-state index in [1.54, 1.807) is 6.07 Å². The van der Waals surface area contributed by atoms with Crippen molar-refractivity contribution in [3.8, 4) is 5.75 Å². The van der Waals surface area contributed by atoms with Crippen LogP contribution in [0.2, 0.25) is 0 Å². The van der Waals surface area contributed by atoms with Gasteiger partial charge in [0.2, 0.25) is 0 Å². The van der Waals surface area contributed by atoms with E-state index in [4.69, 9.17) is 5.73 Å². The van der Waals surface area contributed by atoms with Crippen LogP contribution >= 0.6 is 0 Å². The van der Waals surface area contributed by atoms with Crippen LogP contribution in [0, 0.1) is 5.92 Å². The van der Waals surface area contributed by atoms with Crippen molar-refractivity contribution in [1.82, 2.24) is 4.90 Å². The van der Waals surface area contributed by atoms with Crippen LogP contribution in [0.4, 0.5) is 13.2 Å². The van der Waals surface area contributed by atoms with Crippen molar-refractivity contribution in [1.29, 1.82) is 0 Å². The molecule has 2 unspecified atom stereocenters. The SMILES string of the molecule is CC1CCN(Cc2cccc(OC(F)(F)F)c2)C(CN)C1. The molecular formula is C15H21F3N2O. The highest BCUT2D eigenvalue weighted by Gasteiger charge is 2.31. The molecule has 6 heteroatoms. The number of nitrogens with two attached hydrogens (primary N) is 1. The van der Waals surface area contributed by atoms with Crippen molar-refractivity contribution in [2.75, 3.05) is 13.1 Å². The van der Waals surface area contributed by atoms with E-state index in [2.05, 4.69) is 16.6 Å². The van der Waals surface area contributed by atoms with Gasteiger partial charge in [-0.3, -0.25) is 4.90 Å². The quantitative estimate of drug-likeness (QED) is 0.928. The van der Waals surface area contributed by atoms with Crippen LogP contribution in [-0.2, 0) is 6.54 Å². The predicted octanol–water partition coefficient (Wildman–Crippen LogP) is 3.14. The molecule has 0 saturated carbocycles. The Morgan fingerprint density at radius 2 is 2.14 bits per heavy atom. The second kappa shape index (κ2) is 6.66. The molecule has 1 aliphatic heterocycles. The van der Waals surface area contributed by atoms with E-state index in [0.717, 1.165) is 24.9 Å². The zero-order valence-electron chi connectivity index (χ0n) is 12.1. The smallest absolute Gasteiger partial charge is 0.406 e. The molecule has 1 fully saturated rings. The van der Waals surface area contributed by atoms with Gasteiger partial charge in [0.1, 0.15) is 5.75 Å². The fourth-order valence-corrected chi connectivity index (χ4v) is 2.83. The van der Waals surface area contributed by atoms with Crippen LogP contribution in [0.25, 0.3) is 0 Å². The van der Waals surface area contributed by atoms with E-state index in [0.29, 0.717) is 25.0 Å². The lowest BCUT2D eigenvalue weighted by Crippen LogP contribution is -2.45. The number of nitrogens with zero attached hydrogens (tertiary/aromatic N) is 1. The lowest BCUT2D eigenvalue weighted by Gasteiger charge is -2.38. The molecule has 2 N–H and O–H groups in total. The van der Waals surface area contributed by atoms with Crippen LogP contribution in [-0.4, -0.2) is 30.4 Å². The second-order valence-electron chi connectivity index (χ2n) is 5.68. The Morgan fingerprint density at radius 3 is 2.81 bits per heavy atom. The molecular weight excluding hydrogens is 281 g/mol. The molecule has 3 nitrogen and oxygen atoms in total. The first-order chi connectivity index (χ1) is 9.87. The van der Waals surface area contributed by atoms with Gasteiger partial charge in [-0.05, 0) is 43.0 Å². The summed E-state index contributed by atoms with van der Waals surface area (Å²) in [4.78, 5) is 2.24. The van der Waals surface area contributed by atoms with Crippen LogP contribution in [0.15, 0.2) is 24.3 Å². The van der Waals surface area contributed by atoms with E-state index < -0.39 is 6.36 Å². The highest BCUT2D eigenvalue weighted by Crippen LogP contribution is 2.26. The average Bonchev–Trinajstić information content (AvgIpc) is 2.39. The third-order valence-corrected chi connectivity index (χ3v) is 3.89. The van der Waals surface area contributed by atoms with Crippen molar-refractivity contribution < 1.29 is 17.9 Å². The molecule has 0 bridgehead atoms. The molecule has 1 heterocycles. The third-order valence-electron chi connectivity index (χ3n) is 3.89. The summed E-state index contributed by atoms with van der Waals surface area (Å²) in [6.45, 7) is 4.30. The Hall–Kier alpha value is -1.27. The molecule has 0 radical (unpaired) electrons. The van der Waals surface area contributed by atoms with Crippen molar-refractivity contribution in [3.05, 3.63) is 29.8 Å². The van der Waals surface area contributed by atoms with E-state index in [1.807, 2.05) is 6.07 Å². The lowest BCUT2D eigenvalue weighted by molar-refractivity contribution is -0.274. The Labute approximate surface area is 122 Å². The lowest BCUT2D eigenvalue weighted by atomic mass is 9.92. The largest absolute Gasteiger partial charge is 0.573 e. The number of piperidine rings is 1.